The average Bonchev–Trinajstić information content (AvgIpc) is 3.40. The van der Waals surface area contributed by atoms with Gasteiger partial charge in [0, 0.05) is 17.3 Å². The summed E-state index contributed by atoms with van der Waals surface area (Å²) in [6, 6.07) is -0.714. The molecule has 0 radical (unpaired) electrons. The third-order valence-electron chi connectivity index (χ3n) is 6.17. The molecule has 0 fully saturated rings. The Hall–Kier alpha value is -2.46. The predicted octanol–water partition coefficient (Wildman–Crippen LogP) is 2.78. The van der Waals surface area contributed by atoms with Crippen molar-refractivity contribution in [3.05, 3.63) is 28.7 Å². The zero-order valence-electron chi connectivity index (χ0n) is 17.2. The summed E-state index contributed by atoms with van der Waals surface area (Å²) >= 11 is 0. The predicted molar refractivity (Wildman–Crippen MR) is 112 cm³/mol. The first kappa shape index (κ1) is 19.5. The molecular formula is C20H26N6O3S. The first-order valence-corrected chi connectivity index (χ1v) is 12.0. The second-order valence-corrected chi connectivity index (χ2v) is 10.3. The summed E-state index contributed by atoms with van der Waals surface area (Å²) in [4.78, 5) is 17.8. The smallest absolute Gasteiger partial charge is 0.354 e. The normalized spacial score (nSPS) is 23.7. The molecule has 160 valence electrons. The van der Waals surface area contributed by atoms with E-state index in [1.165, 1.54) is 6.20 Å². The number of aryl methyl sites for hydroxylation is 1. The largest absolute Gasteiger partial charge is 0.477 e. The van der Waals surface area contributed by atoms with E-state index < -0.39 is 15.9 Å². The number of carbonyl (C=O) groups excluding carboxylic acids is 1. The maximum atomic E-state index is 13.1. The van der Waals surface area contributed by atoms with E-state index in [1.807, 2.05) is 6.92 Å². The number of hydrogen-bond acceptors (Lipinski definition) is 5. The summed E-state index contributed by atoms with van der Waals surface area (Å²) in [6.07, 6.45) is 6.08. The Labute approximate surface area is 175 Å². The molecule has 10 heteroatoms. The zero-order chi connectivity index (χ0) is 21.0. The summed E-state index contributed by atoms with van der Waals surface area (Å²) < 4.78 is 24.3. The molecule has 3 unspecified atom stereocenters. The van der Waals surface area contributed by atoms with Crippen molar-refractivity contribution in [1.29, 1.82) is 0 Å². The van der Waals surface area contributed by atoms with Crippen molar-refractivity contribution >= 4 is 21.6 Å². The van der Waals surface area contributed by atoms with Gasteiger partial charge in [0.25, 0.3) is 0 Å². The number of nitrogens with zero attached hydrogens (tertiary/aromatic N) is 4. The lowest BCUT2D eigenvalue weighted by molar-refractivity contribution is 0.171. The number of aromatic nitrogens is 3. The minimum absolute atomic E-state index is 0.156. The number of nitrogens with one attached hydrogen (secondary N) is 1. The zero-order valence-corrected chi connectivity index (χ0v) is 18.0. The highest BCUT2D eigenvalue weighted by Crippen LogP contribution is 2.41. The van der Waals surface area contributed by atoms with Gasteiger partial charge in [0.15, 0.2) is 9.92 Å². The van der Waals surface area contributed by atoms with E-state index in [9.17, 15) is 9.00 Å². The summed E-state index contributed by atoms with van der Waals surface area (Å²) in [5, 5.41) is 13.1. The molecule has 2 aromatic heterocycles. The van der Waals surface area contributed by atoms with E-state index in [2.05, 4.69) is 21.7 Å². The van der Waals surface area contributed by atoms with Gasteiger partial charge in [0.1, 0.15) is 4.90 Å². The Kier molecular flexibility index (Phi) is 4.59. The highest BCUT2D eigenvalue weighted by molar-refractivity contribution is 7.91. The van der Waals surface area contributed by atoms with Crippen molar-refractivity contribution in [2.24, 2.45) is 15.4 Å². The van der Waals surface area contributed by atoms with Crippen LogP contribution < -0.4 is 15.2 Å². The first-order valence-electron chi connectivity index (χ1n) is 10.4. The van der Waals surface area contributed by atoms with Crippen LogP contribution in [0.1, 0.15) is 55.1 Å². The van der Waals surface area contributed by atoms with Crippen LogP contribution in [0.3, 0.4) is 0 Å². The summed E-state index contributed by atoms with van der Waals surface area (Å²) in [6.45, 7) is 5.32. The molecule has 3 aliphatic rings. The minimum Gasteiger partial charge on any atom is -0.477 e. The molecule has 0 saturated heterocycles. The average molecular weight is 431 g/mol. The van der Waals surface area contributed by atoms with Crippen molar-refractivity contribution in [3.8, 4) is 5.88 Å². The molecule has 30 heavy (non-hydrogen) atoms. The van der Waals surface area contributed by atoms with Crippen LogP contribution in [0, 0.1) is 5.92 Å². The highest BCUT2D eigenvalue weighted by Gasteiger charge is 2.31. The van der Waals surface area contributed by atoms with Crippen molar-refractivity contribution in [1.82, 2.24) is 14.8 Å². The van der Waals surface area contributed by atoms with Gasteiger partial charge in [-0.1, -0.05) is 13.8 Å². The third kappa shape index (κ3) is 3.18. The molecule has 5 rings (SSSR count). The summed E-state index contributed by atoms with van der Waals surface area (Å²) in [7, 11) is -3.50. The lowest BCUT2D eigenvalue weighted by Crippen LogP contribution is -2.25. The van der Waals surface area contributed by atoms with Crippen molar-refractivity contribution in [2.45, 2.75) is 63.3 Å². The molecule has 1 aliphatic heterocycles. The van der Waals surface area contributed by atoms with Gasteiger partial charge in [-0.2, -0.15) is 5.10 Å². The van der Waals surface area contributed by atoms with E-state index in [0.29, 0.717) is 24.9 Å². The molecule has 3 N–H and O–H groups in total. The molecule has 2 aliphatic carbocycles. The van der Waals surface area contributed by atoms with Gasteiger partial charge in [0.05, 0.1) is 25.0 Å². The number of hydrogen-bond donors (Lipinski definition) is 2. The fourth-order valence-corrected chi connectivity index (χ4v) is 5.66. The maximum Gasteiger partial charge on any atom is 0.354 e. The maximum absolute atomic E-state index is 13.1. The van der Waals surface area contributed by atoms with Gasteiger partial charge in [-0.25, -0.2) is 18.8 Å². The number of amides is 2. The van der Waals surface area contributed by atoms with E-state index in [4.69, 9.17) is 14.9 Å². The van der Waals surface area contributed by atoms with E-state index in [-0.39, 0.29) is 10.8 Å². The molecule has 9 nitrogen and oxygen atoms in total. The van der Waals surface area contributed by atoms with E-state index >= 15 is 0 Å². The number of nitrogens with two attached hydrogens (primary N) is 1. The molecule has 0 bridgehead atoms. The van der Waals surface area contributed by atoms with Gasteiger partial charge in [0.2, 0.25) is 5.88 Å². The van der Waals surface area contributed by atoms with Crippen LogP contribution in [0.15, 0.2) is 15.5 Å². The van der Waals surface area contributed by atoms with Crippen molar-refractivity contribution < 1.29 is 13.7 Å². The molecule has 3 heterocycles. The topological polar surface area (TPSA) is 124 Å². The molecule has 0 aromatic carbocycles. The number of pyridine rings is 1. The second-order valence-electron chi connectivity index (χ2n) is 8.57. The van der Waals surface area contributed by atoms with Crippen LogP contribution in [-0.2, 0) is 35.7 Å². The molecule has 0 saturated carbocycles. The Morgan fingerprint density at radius 3 is 3.00 bits per heavy atom. The minimum atomic E-state index is -3.50. The molecule has 3 atom stereocenters. The van der Waals surface area contributed by atoms with Crippen molar-refractivity contribution in [3.63, 3.8) is 0 Å². The van der Waals surface area contributed by atoms with Crippen LogP contribution >= 0.6 is 0 Å². The Morgan fingerprint density at radius 1 is 1.33 bits per heavy atom. The molecular weight excluding hydrogens is 404 g/mol. The Morgan fingerprint density at radius 2 is 2.17 bits per heavy atom. The second kappa shape index (κ2) is 7.05. The van der Waals surface area contributed by atoms with Gasteiger partial charge in [-0.15, -0.1) is 4.36 Å². The monoisotopic (exact) mass is 430 g/mol. The summed E-state index contributed by atoms with van der Waals surface area (Å²) in [5.74, 6) is 0.991. The van der Waals surface area contributed by atoms with Crippen LogP contribution in [0.2, 0.25) is 0 Å². The standard InChI is InChI=1S/C20H26N6O3S/c1-11-9-26-19(29-10-11)16(8-22-26)30(21,28)25-20(27)24-18-13-4-3-5-15(13)23-17-12(2)6-7-14(17)18/h8,11-12H,3-7,9-10H2,1-2H3,(H3,21,23,24,25,27,28). The highest BCUT2D eigenvalue weighted by atomic mass is 32.2. The van der Waals surface area contributed by atoms with Crippen LogP contribution in [-0.4, -0.2) is 31.6 Å². The quantitative estimate of drug-likeness (QED) is 0.758. The van der Waals surface area contributed by atoms with Gasteiger partial charge in [-0.05, 0) is 49.1 Å². The van der Waals surface area contributed by atoms with Crippen molar-refractivity contribution in [2.75, 3.05) is 11.9 Å². The summed E-state index contributed by atoms with van der Waals surface area (Å²) in [5.41, 5.74) is 5.07. The first-order chi connectivity index (χ1) is 14.3. The SMILES string of the molecule is CC1COc2c(S(N)(=O)=NC(=O)Nc3c4c(nc5c3CCC5C)CCC4)cnn2C1. The number of rotatable bonds is 2. The van der Waals surface area contributed by atoms with Gasteiger partial charge >= 0.3 is 6.03 Å². The van der Waals surface area contributed by atoms with Gasteiger partial charge < -0.3 is 10.1 Å². The number of urea groups is 1. The van der Waals surface area contributed by atoms with Gasteiger partial charge in [-0.3, -0.25) is 4.98 Å². The fourth-order valence-electron chi connectivity index (χ4n) is 4.66. The fraction of sp³-hybridized carbons (Fsp3) is 0.550. The lowest BCUT2D eigenvalue weighted by Gasteiger charge is -2.21. The molecule has 2 aromatic rings. The molecule has 2 amide bonds. The number of anilines is 1. The van der Waals surface area contributed by atoms with E-state index in [1.54, 1.807) is 4.68 Å². The molecule has 0 spiro atoms. The van der Waals surface area contributed by atoms with Crippen LogP contribution in [0.5, 0.6) is 5.88 Å². The lowest BCUT2D eigenvalue weighted by atomic mass is 10.0. The Balaban J connectivity index is 1.48. The number of fused-ring (bicyclic) bond motifs is 3. The third-order valence-corrected chi connectivity index (χ3v) is 7.51. The number of carbonyl (C=O) groups is 1. The van der Waals surface area contributed by atoms with E-state index in [0.717, 1.165) is 60.3 Å². The van der Waals surface area contributed by atoms with Crippen LogP contribution in [0.25, 0.3) is 0 Å². The van der Waals surface area contributed by atoms with Crippen LogP contribution in [0.4, 0.5) is 10.5 Å². The Bertz CT molecular complexity index is 1160. The number of ether oxygens (including phenoxy) is 1.